The van der Waals surface area contributed by atoms with Gasteiger partial charge in [0.2, 0.25) is 0 Å². The van der Waals surface area contributed by atoms with E-state index in [0.717, 1.165) is 17.3 Å². The lowest BCUT2D eigenvalue weighted by atomic mass is 10.3. The van der Waals surface area contributed by atoms with Gasteiger partial charge in [-0.25, -0.2) is 13.6 Å². The predicted molar refractivity (Wildman–Crippen MR) is 70.6 cm³/mol. The molecule has 2 N–H and O–H groups in total. The number of hydrogen-bond donors (Lipinski definition) is 1. The minimum Gasteiger partial charge on any atom is -0.292 e. The first-order valence-electron chi connectivity index (χ1n) is 5.57. The van der Waals surface area contributed by atoms with Crippen LogP contribution in [0.5, 0.6) is 0 Å². The van der Waals surface area contributed by atoms with E-state index in [1.807, 2.05) is 6.07 Å². The Labute approximate surface area is 118 Å². The molecule has 0 spiro atoms. The minimum absolute atomic E-state index is 0.0761. The fraction of sp³-hybridized carbons (Fsp3) is 0.300. The highest BCUT2D eigenvalue weighted by Gasteiger charge is 2.34. The molecule has 0 amide bonds. The first kappa shape index (κ1) is 12.7. The SMILES string of the molecule is NS(=O)(=O)c1nnc(-c2ncccc2Br)n1C1CC1. The molecule has 2 aromatic rings. The van der Waals surface area contributed by atoms with Crippen molar-refractivity contribution in [2.75, 3.05) is 0 Å². The number of nitrogens with two attached hydrogens (primary N) is 1. The molecule has 1 fully saturated rings. The molecule has 1 saturated carbocycles. The summed E-state index contributed by atoms with van der Waals surface area (Å²) in [4.78, 5) is 4.21. The zero-order valence-electron chi connectivity index (χ0n) is 9.69. The van der Waals surface area contributed by atoms with E-state index in [4.69, 9.17) is 5.14 Å². The number of hydrogen-bond acceptors (Lipinski definition) is 5. The molecule has 3 rings (SSSR count). The molecule has 0 saturated heterocycles. The lowest BCUT2D eigenvalue weighted by molar-refractivity contribution is 0.567. The van der Waals surface area contributed by atoms with Gasteiger partial charge in [0.1, 0.15) is 5.69 Å². The van der Waals surface area contributed by atoms with Gasteiger partial charge in [0, 0.05) is 16.7 Å². The normalized spacial score (nSPS) is 15.7. The molecule has 0 atom stereocenters. The van der Waals surface area contributed by atoms with Gasteiger partial charge in [-0.15, -0.1) is 10.2 Å². The monoisotopic (exact) mass is 343 g/mol. The van der Waals surface area contributed by atoms with E-state index in [1.54, 1.807) is 16.8 Å². The number of nitrogens with zero attached hydrogens (tertiary/aromatic N) is 4. The van der Waals surface area contributed by atoms with Crippen molar-refractivity contribution in [3.63, 3.8) is 0 Å². The third kappa shape index (κ3) is 2.28. The molecule has 9 heteroatoms. The fourth-order valence-electron chi connectivity index (χ4n) is 1.84. The van der Waals surface area contributed by atoms with Gasteiger partial charge in [-0.2, -0.15) is 0 Å². The van der Waals surface area contributed by atoms with Crippen molar-refractivity contribution in [1.29, 1.82) is 0 Å². The summed E-state index contributed by atoms with van der Waals surface area (Å²) < 4.78 is 25.4. The molecule has 0 aromatic carbocycles. The van der Waals surface area contributed by atoms with Crippen LogP contribution < -0.4 is 5.14 Å². The Bertz CT molecular complexity index is 738. The molecule has 0 bridgehead atoms. The number of pyridine rings is 1. The van der Waals surface area contributed by atoms with Gasteiger partial charge in [-0.05, 0) is 40.9 Å². The van der Waals surface area contributed by atoms with Gasteiger partial charge in [-0.3, -0.25) is 9.55 Å². The summed E-state index contributed by atoms with van der Waals surface area (Å²) in [6.07, 6.45) is 3.39. The molecule has 0 aliphatic heterocycles. The molecule has 0 unspecified atom stereocenters. The Morgan fingerprint density at radius 1 is 1.37 bits per heavy atom. The number of primary sulfonamides is 1. The van der Waals surface area contributed by atoms with Crippen LogP contribution in [0.1, 0.15) is 18.9 Å². The van der Waals surface area contributed by atoms with E-state index in [0.29, 0.717) is 11.5 Å². The Morgan fingerprint density at radius 2 is 2.11 bits per heavy atom. The third-order valence-electron chi connectivity index (χ3n) is 2.80. The molecule has 100 valence electrons. The van der Waals surface area contributed by atoms with E-state index in [2.05, 4.69) is 31.1 Å². The van der Waals surface area contributed by atoms with Crippen LogP contribution in [0.2, 0.25) is 0 Å². The van der Waals surface area contributed by atoms with Crippen LogP contribution >= 0.6 is 15.9 Å². The summed E-state index contributed by atoms with van der Waals surface area (Å²) >= 11 is 3.37. The van der Waals surface area contributed by atoms with E-state index in [-0.39, 0.29) is 11.2 Å². The molecular weight excluding hydrogens is 334 g/mol. The van der Waals surface area contributed by atoms with Crippen LogP contribution in [-0.4, -0.2) is 28.2 Å². The second kappa shape index (κ2) is 4.36. The number of aromatic nitrogens is 4. The maximum Gasteiger partial charge on any atom is 0.273 e. The average Bonchev–Trinajstić information content (AvgIpc) is 3.07. The molecule has 19 heavy (non-hydrogen) atoms. The van der Waals surface area contributed by atoms with Crippen molar-refractivity contribution in [2.24, 2.45) is 5.14 Å². The Balaban J connectivity index is 2.24. The van der Waals surface area contributed by atoms with Gasteiger partial charge in [0.05, 0.1) is 0 Å². The van der Waals surface area contributed by atoms with Crippen LogP contribution in [-0.2, 0) is 10.0 Å². The highest BCUT2D eigenvalue weighted by atomic mass is 79.9. The Hall–Kier alpha value is -1.32. The molecule has 0 radical (unpaired) electrons. The van der Waals surface area contributed by atoms with Crippen LogP contribution in [0.4, 0.5) is 0 Å². The topological polar surface area (TPSA) is 104 Å². The van der Waals surface area contributed by atoms with Crippen molar-refractivity contribution in [3.8, 4) is 11.5 Å². The largest absolute Gasteiger partial charge is 0.292 e. The first-order chi connectivity index (χ1) is 8.98. The summed E-state index contributed by atoms with van der Waals surface area (Å²) in [5, 5.41) is 12.6. The van der Waals surface area contributed by atoms with Crippen LogP contribution in [0.15, 0.2) is 28.0 Å². The van der Waals surface area contributed by atoms with Crippen LogP contribution in [0.25, 0.3) is 11.5 Å². The quantitative estimate of drug-likeness (QED) is 0.897. The predicted octanol–water partition coefficient (Wildman–Crippen LogP) is 1.08. The zero-order valence-corrected chi connectivity index (χ0v) is 12.1. The first-order valence-corrected chi connectivity index (χ1v) is 7.91. The number of halogens is 1. The lowest BCUT2D eigenvalue weighted by Crippen LogP contribution is -2.18. The minimum atomic E-state index is -3.89. The zero-order chi connectivity index (χ0) is 13.6. The molecule has 1 aliphatic rings. The van der Waals surface area contributed by atoms with E-state index in [1.165, 1.54) is 0 Å². The van der Waals surface area contributed by atoms with Gasteiger partial charge >= 0.3 is 0 Å². The van der Waals surface area contributed by atoms with Gasteiger partial charge in [0.15, 0.2) is 5.82 Å². The van der Waals surface area contributed by atoms with Crippen molar-refractivity contribution in [1.82, 2.24) is 19.7 Å². The molecule has 7 nitrogen and oxygen atoms in total. The molecule has 2 heterocycles. The van der Waals surface area contributed by atoms with Gasteiger partial charge in [0.25, 0.3) is 15.2 Å². The third-order valence-corrected chi connectivity index (χ3v) is 4.23. The summed E-state index contributed by atoms with van der Waals surface area (Å²) in [7, 11) is -3.89. The van der Waals surface area contributed by atoms with Crippen LogP contribution in [0.3, 0.4) is 0 Å². The maximum atomic E-state index is 11.5. The average molecular weight is 344 g/mol. The van der Waals surface area contributed by atoms with E-state index < -0.39 is 10.0 Å². The summed E-state index contributed by atoms with van der Waals surface area (Å²) in [6.45, 7) is 0. The number of sulfonamides is 1. The van der Waals surface area contributed by atoms with Crippen LogP contribution in [0, 0.1) is 0 Å². The number of rotatable bonds is 3. The molecule has 1 aliphatic carbocycles. The summed E-state index contributed by atoms with van der Waals surface area (Å²) in [6, 6.07) is 3.66. The van der Waals surface area contributed by atoms with Crippen molar-refractivity contribution in [3.05, 3.63) is 22.8 Å². The highest BCUT2D eigenvalue weighted by molar-refractivity contribution is 9.10. The Kier molecular flexibility index (Phi) is 2.91. The Morgan fingerprint density at radius 3 is 2.68 bits per heavy atom. The van der Waals surface area contributed by atoms with Crippen molar-refractivity contribution in [2.45, 2.75) is 24.0 Å². The standard InChI is InChI=1S/C10H10BrN5O2S/c11-7-2-1-5-13-8(7)9-14-15-10(19(12,17)18)16(9)6-3-4-6/h1-2,5-6H,3-4H2,(H2,12,17,18). The lowest BCUT2D eigenvalue weighted by Gasteiger charge is -2.07. The second-order valence-electron chi connectivity index (χ2n) is 4.29. The van der Waals surface area contributed by atoms with Crippen molar-refractivity contribution < 1.29 is 8.42 Å². The second-order valence-corrected chi connectivity index (χ2v) is 6.60. The van der Waals surface area contributed by atoms with E-state index in [9.17, 15) is 8.42 Å². The summed E-state index contributed by atoms with van der Waals surface area (Å²) in [5.74, 6) is 0.416. The smallest absolute Gasteiger partial charge is 0.273 e. The van der Waals surface area contributed by atoms with E-state index >= 15 is 0 Å². The van der Waals surface area contributed by atoms with Gasteiger partial charge in [-0.1, -0.05) is 0 Å². The molecule has 2 aromatic heterocycles. The highest BCUT2D eigenvalue weighted by Crippen LogP contribution is 2.40. The maximum absolute atomic E-state index is 11.5. The van der Waals surface area contributed by atoms with Crippen molar-refractivity contribution >= 4 is 26.0 Å². The molecular formula is C10H10BrN5O2S. The van der Waals surface area contributed by atoms with Gasteiger partial charge < -0.3 is 0 Å². The summed E-state index contributed by atoms with van der Waals surface area (Å²) in [5.41, 5.74) is 0.553. The fourth-order valence-corrected chi connectivity index (χ4v) is 2.94.